The predicted molar refractivity (Wildman–Crippen MR) is 94.9 cm³/mol. The standard InChI is InChI=1S/C19H27N3O3/c1-21-11-12-22(15-19(21)8-7-17(23)20-10-9-19)18(24)14-25-13-16-5-3-2-4-6-16/h2-6H,7-15H2,1H3,(H,20,23)/t19-/m0/s1. The van der Waals surface area contributed by atoms with Gasteiger partial charge in [0.1, 0.15) is 6.61 Å². The fourth-order valence-electron chi connectivity index (χ4n) is 3.73. The number of amides is 2. The van der Waals surface area contributed by atoms with Crippen LogP contribution >= 0.6 is 0 Å². The average molecular weight is 345 g/mol. The summed E-state index contributed by atoms with van der Waals surface area (Å²) in [6.45, 7) is 3.45. The van der Waals surface area contributed by atoms with E-state index in [1.807, 2.05) is 35.2 Å². The molecule has 2 aliphatic heterocycles. The number of likely N-dealkylation sites (N-methyl/N-ethyl adjacent to an activating group) is 1. The van der Waals surface area contributed by atoms with Gasteiger partial charge in [0.25, 0.3) is 0 Å². The van der Waals surface area contributed by atoms with Crippen molar-refractivity contribution in [3.05, 3.63) is 35.9 Å². The van der Waals surface area contributed by atoms with E-state index >= 15 is 0 Å². The number of nitrogens with one attached hydrogen (secondary N) is 1. The number of piperazine rings is 1. The second kappa shape index (κ2) is 7.97. The van der Waals surface area contributed by atoms with Crippen LogP contribution in [0.25, 0.3) is 0 Å². The van der Waals surface area contributed by atoms with Crippen LogP contribution in [0.2, 0.25) is 0 Å². The van der Waals surface area contributed by atoms with Gasteiger partial charge < -0.3 is 15.0 Å². The third-order valence-electron chi connectivity index (χ3n) is 5.42. The molecule has 2 amide bonds. The third kappa shape index (κ3) is 4.38. The monoisotopic (exact) mass is 345 g/mol. The number of nitrogens with zero attached hydrogens (tertiary/aromatic N) is 2. The minimum Gasteiger partial charge on any atom is -0.367 e. The topological polar surface area (TPSA) is 61.9 Å². The van der Waals surface area contributed by atoms with Crippen LogP contribution in [-0.4, -0.2) is 67.0 Å². The molecule has 136 valence electrons. The number of hydrogen-bond acceptors (Lipinski definition) is 4. The first-order valence-electron chi connectivity index (χ1n) is 8.96. The Bertz CT molecular complexity index is 607. The van der Waals surface area contributed by atoms with Gasteiger partial charge >= 0.3 is 0 Å². The minimum absolute atomic E-state index is 0.0342. The molecule has 0 bridgehead atoms. The van der Waals surface area contributed by atoms with E-state index in [2.05, 4.69) is 17.3 Å². The van der Waals surface area contributed by atoms with Gasteiger partial charge in [0.2, 0.25) is 11.8 Å². The number of hydrogen-bond donors (Lipinski definition) is 1. The maximum atomic E-state index is 12.6. The lowest BCUT2D eigenvalue weighted by atomic mass is 9.86. The van der Waals surface area contributed by atoms with Gasteiger partial charge in [0, 0.05) is 38.1 Å². The number of ether oxygens (including phenoxy) is 1. The Kier molecular flexibility index (Phi) is 5.71. The van der Waals surface area contributed by atoms with E-state index in [0.717, 1.165) is 24.9 Å². The van der Waals surface area contributed by atoms with Gasteiger partial charge in [-0.3, -0.25) is 14.5 Å². The van der Waals surface area contributed by atoms with Gasteiger partial charge in [-0.15, -0.1) is 0 Å². The maximum absolute atomic E-state index is 12.6. The van der Waals surface area contributed by atoms with Crippen molar-refractivity contribution in [2.24, 2.45) is 0 Å². The summed E-state index contributed by atoms with van der Waals surface area (Å²) in [7, 11) is 2.10. The molecule has 2 aliphatic rings. The lowest BCUT2D eigenvalue weighted by Gasteiger charge is -2.49. The number of rotatable bonds is 4. The Morgan fingerprint density at radius 1 is 1.24 bits per heavy atom. The molecule has 3 rings (SSSR count). The minimum atomic E-state index is -0.105. The first-order chi connectivity index (χ1) is 12.1. The van der Waals surface area contributed by atoms with Gasteiger partial charge in [-0.1, -0.05) is 30.3 Å². The molecule has 2 heterocycles. The fraction of sp³-hybridized carbons (Fsp3) is 0.579. The van der Waals surface area contributed by atoms with Gasteiger partial charge in [0.05, 0.1) is 6.61 Å². The fourth-order valence-corrected chi connectivity index (χ4v) is 3.73. The lowest BCUT2D eigenvalue weighted by Crippen LogP contribution is -2.62. The molecule has 25 heavy (non-hydrogen) atoms. The summed E-state index contributed by atoms with van der Waals surface area (Å²) in [5.41, 5.74) is 0.963. The van der Waals surface area contributed by atoms with E-state index in [9.17, 15) is 9.59 Å². The molecule has 1 atom stereocenters. The normalized spacial score (nSPS) is 24.8. The summed E-state index contributed by atoms with van der Waals surface area (Å²) in [6, 6.07) is 9.87. The van der Waals surface area contributed by atoms with Crippen LogP contribution in [0.5, 0.6) is 0 Å². The first kappa shape index (κ1) is 17.9. The van der Waals surface area contributed by atoms with Crippen molar-refractivity contribution in [2.75, 3.05) is 39.8 Å². The number of carbonyl (C=O) groups is 2. The van der Waals surface area contributed by atoms with Crippen LogP contribution in [0.1, 0.15) is 24.8 Å². The second-order valence-corrected chi connectivity index (χ2v) is 7.04. The molecule has 1 spiro atoms. The van der Waals surface area contributed by atoms with Crippen LogP contribution in [0.4, 0.5) is 0 Å². The Morgan fingerprint density at radius 3 is 2.84 bits per heavy atom. The van der Waals surface area contributed by atoms with E-state index in [-0.39, 0.29) is 24.0 Å². The highest BCUT2D eigenvalue weighted by Crippen LogP contribution is 2.30. The molecule has 1 aromatic rings. The van der Waals surface area contributed by atoms with Crippen molar-refractivity contribution in [1.29, 1.82) is 0 Å². The van der Waals surface area contributed by atoms with Gasteiger partial charge in [-0.2, -0.15) is 0 Å². The molecule has 6 nitrogen and oxygen atoms in total. The van der Waals surface area contributed by atoms with Crippen LogP contribution in [-0.2, 0) is 20.9 Å². The maximum Gasteiger partial charge on any atom is 0.248 e. The van der Waals surface area contributed by atoms with Crippen LogP contribution in [0.15, 0.2) is 30.3 Å². The Balaban J connectivity index is 1.55. The summed E-state index contributed by atoms with van der Waals surface area (Å²) in [6.07, 6.45) is 2.20. The zero-order chi connectivity index (χ0) is 17.7. The summed E-state index contributed by atoms with van der Waals surface area (Å²) in [5, 5.41) is 2.94. The SMILES string of the molecule is CN1CCN(C(=O)COCc2ccccc2)C[C@]12CCNC(=O)CC2. The van der Waals surface area contributed by atoms with Crippen molar-refractivity contribution < 1.29 is 14.3 Å². The summed E-state index contributed by atoms with van der Waals surface area (Å²) in [4.78, 5) is 28.5. The van der Waals surface area contributed by atoms with E-state index in [4.69, 9.17) is 4.74 Å². The molecule has 0 aliphatic carbocycles. The van der Waals surface area contributed by atoms with Crippen LogP contribution in [0.3, 0.4) is 0 Å². The Labute approximate surface area is 149 Å². The van der Waals surface area contributed by atoms with E-state index in [1.165, 1.54) is 0 Å². The number of carbonyl (C=O) groups excluding carboxylic acids is 2. The van der Waals surface area contributed by atoms with Crippen molar-refractivity contribution in [3.8, 4) is 0 Å². The summed E-state index contributed by atoms with van der Waals surface area (Å²) >= 11 is 0. The van der Waals surface area contributed by atoms with Gasteiger partial charge in [0.15, 0.2) is 0 Å². The molecular weight excluding hydrogens is 318 g/mol. The van der Waals surface area contributed by atoms with Gasteiger partial charge in [-0.25, -0.2) is 0 Å². The van der Waals surface area contributed by atoms with E-state index in [0.29, 0.717) is 32.7 Å². The Hall–Kier alpha value is -1.92. The van der Waals surface area contributed by atoms with Crippen molar-refractivity contribution in [2.45, 2.75) is 31.4 Å². The van der Waals surface area contributed by atoms with Crippen molar-refractivity contribution in [3.63, 3.8) is 0 Å². The predicted octanol–water partition coefficient (Wildman–Crippen LogP) is 1.02. The smallest absolute Gasteiger partial charge is 0.248 e. The highest BCUT2D eigenvalue weighted by atomic mass is 16.5. The average Bonchev–Trinajstić information content (AvgIpc) is 2.81. The quantitative estimate of drug-likeness (QED) is 0.885. The molecule has 0 aromatic heterocycles. The second-order valence-electron chi connectivity index (χ2n) is 7.04. The molecule has 1 N–H and O–H groups in total. The molecule has 0 unspecified atom stereocenters. The number of benzene rings is 1. The zero-order valence-corrected chi connectivity index (χ0v) is 14.9. The first-order valence-corrected chi connectivity index (χ1v) is 8.96. The molecule has 2 fully saturated rings. The molecular formula is C19H27N3O3. The third-order valence-corrected chi connectivity index (χ3v) is 5.42. The van der Waals surface area contributed by atoms with Crippen LogP contribution in [0, 0.1) is 0 Å². The highest BCUT2D eigenvalue weighted by Gasteiger charge is 2.41. The van der Waals surface area contributed by atoms with Crippen molar-refractivity contribution >= 4 is 11.8 Å². The lowest BCUT2D eigenvalue weighted by molar-refractivity contribution is -0.142. The summed E-state index contributed by atoms with van der Waals surface area (Å²) in [5.74, 6) is 0.145. The Morgan fingerprint density at radius 2 is 2.04 bits per heavy atom. The summed E-state index contributed by atoms with van der Waals surface area (Å²) < 4.78 is 5.61. The van der Waals surface area contributed by atoms with E-state index in [1.54, 1.807) is 0 Å². The highest BCUT2D eigenvalue weighted by molar-refractivity contribution is 5.78. The molecule has 0 saturated carbocycles. The van der Waals surface area contributed by atoms with Gasteiger partial charge in [-0.05, 0) is 25.5 Å². The largest absolute Gasteiger partial charge is 0.367 e. The zero-order valence-electron chi connectivity index (χ0n) is 14.9. The van der Waals surface area contributed by atoms with Crippen LogP contribution < -0.4 is 5.32 Å². The van der Waals surface area contributed by atoms with Crippen molar-refractivity contribution in [1.82, 2.24) is 15.1 Å². The molecule has 0 radical (unpaired) electrons. The molecule has 2 saturated heterocycles. The molecule has 1 aromatic carbocycles. The van der Waals surface area contributed by atoms with E-state index < -0.39 is 0 Å². The molecule has 6 heteroatoms.